The topological polar surface area (TPSA) is 24.1 Å². The SMILES string of the molecule is ClC1NC=C(Br)CN1. The van der Waals surface area contributed by atoms with Crippen molar-refractivity contribution in [2.75, 3.05) is 6.54 Å². The predicted octanol–water partition coefficient (Wildman–Crippen LogP) is 0.938. The van der Waals surface area contributed by atoms with Gasteiger partial charge < -0.3 is 5.32 Å². The summed E-state index contributed by atoms with van der Waals surface area (Å²) in [6, 6.07) is 0. The Hall–Kier alpha value is 0.270. The highest BCUT2D eigenvalue weighted by atomic mass is 79.9. The van der Waals surface area contributed by atoms with Crippen LogP contribution in [0.3, 0.4) is 0 Å². The Kier molecular flexibility index (Phi) is 2.16. The molecule has 1 rings (SSSR count). The molecule has 0 aromatic rings. The first-order chi connectivity index (χ1) is 3.79. The largest absolute Gasteiger partial charge is 0.363 e. The van der Waals surface area contributed by atoms with Gasteiger partial charge in [0.05, 0.1) is 0 Å². The summed E-state index contributed by atoms with van der Waals surface area (Å²) in [6.45, 7) is 0.807. The fourth-order valence-electron chi connectivity index (χ4n) is 0.461. The molecule has 4 heteroatoms. The molecular weight excluding hydrogens is 191 g/mol. The van der Waals surface area contributed by atoms with Gasteiger partial charge in [-0.05, 0) is 0 Å². The fourth-order valence-corrected chi connectivity index (χ4v) is 0.895. The number of hydrogen-bond donors (Lipinski definition) is 2. The monoisotopic (exact) mass is 196 g/mol. The lowest BCUT2D eigenvalue weighted by Gasteiger charge is -2.16. The van der Waals surface area contributed by atoms with Crippen LogP contribution in [0.5, 0.6) is 0 Å². The maximum Gasteiger partial charge on any atom is 0.155 e. The van der Waals surface area contributed by atoms with Crippen LogP contribution >= 0.6 is 27.5 Å². The standard InChI is InChI=1S/C4H6BrClN2/c5-3-1-7-4(6)8-2-3/h1,4,7-8H,2H2. The van der Waals surface area contributed by atoms with E-state index >= 15 is 0 Å². The number of alkyl halides is 1. The molecule has 0 spiro atoms. The normalized spacial score (nSPS) is 28.8. The molecule has 0 aromatic carbocycles. The first-order valence-corrected chi connectivity index (χ1v) is 3.50. The predicted molar refractivity (Wildman–Crippen MR) is 37.8 cm³/mol. The van der Waals surface area contributed by atoms with Gasteiger partial charge in [0, 0.05) is 17.2 Å². The van der Waals surface area contributed by atoms with E-state index in [1.165, 1.54) is 0 Å². The Morgan fingerprint density at radius 1 is 1.88 bits per heavy atom. The molecule has 1 atom stereocenters. The quantitative estimate of drug-likeness (QED) is 0.446. The summed E-state index contributed by atoms with van der Waals surface area (Å²) < 4.78 is 1.09. The molecule has 0 aromatic heterocycles. The van der Waals surface area contributed by atoms with E-state index in [-0.39, 0.29) is 5.62 Å². The van der Waals surface area contributed by atoms with Gasteiger partial charge in [0.25, 0.3) is 0 Å². The van der Waals surface area contributed by atoms with Gasteiger partial charge in [0.15, 0.2) is 5.62 Å². The van der Waals surface area contributed by atoms with Crippen LogP contribution in [0, 0.1) is 0 Å². The van der Waals surface area contributed by atoms with Crippen molar-refractivity contribution < 1.29 is 0 Å². The van der Waals surface area contributed by atoms with Crippen molar-refractivity contribution in [3.63, 3.8) is 0 Å². The molecule has 0 saturated carbocycles. The Morgan fingerprint density at radius 2 is 2.62 bits per heavy atom. The van der Waals surface area contributed by atoms with Gasteiger partial charge in [-0.2, -0.15) is 0 Å². The van der Waals surface area contributed by atoms with Crippen molar-refractivity contribution in [3.05, 3.63) is 10.7 Å². The molecule has 0 fully saturated rings. The molecule has 1 heterocycles. The molecule has 2 N–H and O–H groups in total. The highest BCUT2D eigenvalue weighted by Crippen LogP contribution is 2.05. The van der Waals surface area contributed by atoms with Crippen LogP contribution in [-0.2, 0) is 0 Å². The van der Waals surface area contributed by atoms with Gasteiger partial charge in [-0.3, -0.25) is 5.32 Å². The van der Waals surface area contributed by atoms with E-state index < -0.39 is 0 Å². The molecule has 1 aliphatic heterocycles. The third-order valence-corrected chi connectivity index (χ3v) is 1.63. The zero-order valence-electron chi connectivity index (χ0n) is 4.12. The van der Waals surface area contributed by atoms with Crippen molar-refractivity contribution in [2.45, 2.75) is 5.62 Å². The van der Waals surface area contributed by atoms with E-state index in [0.29, 0.717) is 0 Å². The van der Waals surface area contributed by atoms with Gasteiger partial charge in [0.2, 0.25) is 0 Å². The first-order valence-electron chi connectivity index (χ1n) is 2.27. The zero-order chi connectivity index (χ0) is 5.98. The average Bonchev–Trinajstić information content (AvgIpc) is 1.77. The maximum absolute atomic E-state index is 5.59. The van der Waals surface area contributed by atoms with E-state index in [9.17, 15) is 0 Å². The lowest BCUT2D eigenvalue weighted by atomic mass is 10.5. The second-order valence-electron chi connectivity index (χ2n) is 1.50. The summed E-state index contributed by atoms with van der Waals surface area (Å²) in [5.74, 6) is 0. The lowest BCUT2D eigenvalue weighted by molar-refractivity contribution is 0.609. The zero-order valence-corrected chi connectivity index (χ0v) is 6.46. The number of halogens is 2. The molecule has 0 aliphatic carbocycles. The average molecular weight is 197 g/mol. The summed E-state index contributed by atoms with van der Waals surface area (Å²) in [5.41, 5.74) is -0.115. The molecule has 1 aliphatic rings. The molecule has 8 heavy (non-hydrogen) atoms. The lowest BCUT2D eigenvalue weighted by Crippen LogP contribution is -2.39. The Bertz CT molecular complexity index is 115. The van der Waals surface area contributed by atoms with Gasteiger partial charge in [-0.25, -0.2) is 0 Å². The van der Waals surface area contributed by atoms with Crippen molar-refractivity contribution in [2.24, 2.45) is 0 Å². The molecule has 0 bridgehead atoms. The summed E-state index contributed by atoms with van der Waals surface area (Å²) in [6.07, 6.45) is 1.84. The molecule has 1 unspecified atom stereocenters. The molecule has 0 radical (unpaired) electrons. The van der Waals surface area contributed by atoms with Crippen LogP contribution in [-0.4, -0.2) is 12.2 Å². The highest BCUT2D eigenvalue weighted by molar-refractivity contribution is 9.11. The van der Waals surface area contributed by atoms with E-state index in [2.05, 4.69) is 26.6 Å². The second kappa shape index (κ2) is 2.71. The maximum atomic E-state index is 5.59. The molecule has 0 amide bonds. The van der Waals surface area contributed by atoms with Crippen LogP contribution < -0.4 is 10.6 Å². The van der Waals surface area contributed by atoms with Crippen LogP contribution in [0.1, 0.15) is 0 Å². The molecule has 46 valence electrons. The Morgan fingerprint density at radius 3 is 3.00 bits per heavy atom. The number of nitrogens with one attached hydrogen (secondary N) is 2. The minimum Gasteiger partial charge on any atom is -0.363 e. The van der Waals surface area contributed by atoms with Gasteiger partial charge in [0.1, 0.15) is 0 Å². The van der Waals surface area contributed by atoms with Crippen LogP contribution in [0.25, 0.3) is 0 Å². The van der Waals surface area contributed by atoms with Crippen LogP contribution in [0.15, 0.2) is 10.7 Å². The van der Waals surface area contributed by atoms with E-state index in [4.69, 9.17) is 11.6 Å². The second-order valence-corrected chi connectivity index (χ2v) is 2.96. The molecule has 2 nitrogen and oxygen atoms in total. The summed E-state index contributed by atoms with van der Waals surface area (Å²) >= 11 is 8.89. The van der Waals surface area contributed by atoms with Gasteiger partial charge in [-0.1, -0.05) is 27.5 Å². The Labute approximate surface area is 61.4 Å². The number of hydrogen-bond acceptors (Lipinski definition) is 2. The third kappa shape index (κ3) is 1.65. The Balaban J connectivity index is 2.42. The van der Waals surface area contributed by atoms with E-state index in [0.717, 1.165) is 11.0 Å². The highest BCUT2D eigenvalue weighted by Gasteiger charge is 2.05. The summed E-state index contributed by atoms with van der Waals surface area (Å²) in [5, 5.41) is 5.85. The first kappa shape index (κ1) is 6.39. The van der Waals surface area contributed by atoms with E-state index in [1.54, 1.807) is 0 Å². The summed E-state index contributed by atoms with van der Waals surface area (Å²) in [7, 11) is 0. The van der Waals surface area contributed by atoms with Crippen molar-refractivity contribution in [3.8, 4) is 0 Å². The number of rotatable bonds is 0. The third-order valence-electron chi connectivity index (χ3n) is 0.836. The van der Waals surface area contributed by atoms with Crippen molar-refractivity contribution in [1.29, 1.82) is 0 Å². The van der Waals surface area contributed by atoms with Gasteiger partial charge in [-0.15, -0.1) is 0 Å². The van der Waals surface area contributed by atoms with Crippen molar-refractivity contribution in [1.82, 2.24) is 10.6 Å². The van der Waals surface area contributed by atoms with Gasteiger partial charge >= 0.3 is 0 Å². The minimum atomic E-state index is -0.115. The van der Waals surface area contributed by atoms with Crippen LogP contribution in [0.4, 0.5) is 0 Å². The minimum absolute atomic E-state index is 0.115. The van der Waals surface area contributed by atoms with Crippen molar-refractivity contribution >= 4 is 27.5 Å². The fraction of sp³-hybridized carbons (Fsp3) is 0.500. The van der Waals surface area contributed by atoms with E-state index in [1.807, 2.05) is 6.20 Å². The molecule has 0 saturated heterocycles. The summed E-state index contributed by atoms with van der Waals surface area (Å²) in [4.78, 5) is 0. The molecular formula is C4H6BrClN2. The van der Waals surface area contributed by atoms with Crippen LogP contribution in [0.2, 0.25) is 0 Å². The smallest absolute Gasteiger partial charge is 0.155 e.